The summed E-state index contributed by atoms with van der Waals surface area (Å²) in [7, 11) is 0. The van der Waals surface area contributed by atoms with E-state index in [0.29, 0.717) is 28.6 Å². The van der Waals surface area contributed by atoms with E-state index in [0.717, 1.165) is 5.56 Å². The minimum Gasteiger partial charge on any atom is -0.370 e. The molecule has 1 saturated carbocycles. The number of nitrogens with zero attached hydrogens (tertiary/aromatic N) is 2. The first-order valence-electron chi connectivity index (χ1n) is 7.70. The van der Waals surface area contributed by atoms with E-state index in [1.807, 2.05) is 18.2 Å². The van der Waals surface area contributed by atoms with E-state index in [9.17, 15) is 0 Å². The molecule has 1 heterocycles. The molecular weight excluding hydrogens is 305 g/mol. The van der Waals surface area contributed by atoms with Crippen molar-refractivity contribution in [1.82, 2.24) is 4.90 Å². The van der Waals surface area contributed by atoms with Crippen molar-refractivity contribution in [3.63, 3.8) is 0 Å². The minimum atomic E-state index is 0.124. The smallest absolute Gasteiger partial charge is 0.192 e. The number of aliphatic imine (C=N–C) groups is 1. The molecule has 1 atom stereocenters. The van der Waals surface area contributed by atoms with Gasteiger partial charge in [0.15, 0.2) is 5.96 Å². The Morgan fingerprint density at radius 2 is 1.81 bits per heavy atom. The van der Waals surface area contributed by atoms with Crippen LogP contribution in [0, 0.1) is 0 Å². The summed E-state index contributed by atoms with van der Waals surface area (Å²) in [4.78, 5) is 6.75. The topological polar surface area (TPSA) is 41.6 Å². The van der Waals surface area contributed by atoms with Gasteiger partial charge in [0, 0.05) is 6.04 Å². The molecule has 1 aromatic rings. The van der Waals surface area contributed by atoms with Crippen molar-refractivity contribution in [1.29, 1.82) is 0 Å². The fraction of sp³-hybridized carbons (Fsp3) is 0.562. The third-order valence-electron chi connectivity index (χ3n) is 4.59. The lowest BCUT2D eigenvalue weighted by atomic mass is 10.0. The predicted octanol–water partition coefficient (Wildman–Crippen LogP) is 4.39. The highest BCUT2D eigenvalue weighted by Gasteiger charge is 2.34. The van der Waals surface area contributed by atoms with Crippen LogP contribution in [-0.4, -0.2) is 23.4 Å². The molecule has 0 bridgehead atoms. The first-order chi connectivity index (χ1) is 10.2. The second kappa shape index (κ2) is 6.45. The quantitative estimate of drug-likeness (QED) is 0.819. The van der Waals surface area contributed by atoms with Crippen molar-refractivity contribution in [3.05, 3.63) is 33.8 Å². The summed E-state index contributed by atoms with van der Waals surface area (Å²) in [5, 5.41) is 1.23. The molecule has 0 spiro atoms. The molecule has 1 fully saturated rings. The number of halogens is 2. The predicted molar refractivity (Wildman–Crippen MR) is 89.0 cm³/mol. The standard InChI is InChI=1S/C16H21Cl2N3/c17-13-9-5-8-12(15(13)18)14-10-20-16(19)21(14)11-6-3-1-2-4-7-11/h5,8-9,11,14H,1-4,6-7,10H2,(H2,19,20). The number of benzene rings is 1. The maximum Gasteiger partial charge on any atom is 0.192 e. The second-order valence-corrected chi connectivity index (χ2v) is 6.70. The van der Waals surface area contributed by atoms with Crippen LogP contribution >= 0.6 is 23.2 Å². The van der Waals surface area contributed by atoms with Crippen molar-refractivity contribution < 1.29 is 0 Å². The monoisotopic (exact) mass is 325 g/mol. The van der Waals surface area contributed by atoms with Crippen LogP contribution in [-0.2, 0) is 0 Å². The van der Waals surface area contributed by atoms with Gasteiger partial charge in [-0.2, -0.15) is 0 Å². The zero-order valence-electron chi connectivity index (χ0n) is 12.1. The van der Waals surface area contributed by atoms with Crippen molar-refractivity contribution >= 4 is 29.2 Å². The minimum absolute atomic E-state index is 0.124. The Morgan fingerprint density at radius 3 is 2.52 bits per heavy atom. The van der Waals surface area contributed by atoms with E-state index in [1.165, 1.54) is 38.5 Å². The van der Waals surface area contributed by atoms with Crippen LogP contribution in [0.4, 0.5) is 0 Å². The van der Waals surface area contributed by atoms with Gasteiger partial charge in [0.1, 0.15) is 0 Å². The lowest BCUT2D eigenvalue weighted by Gasteiger charge is -2.34. The van der Waals surface area contributed by atoms with Crippen molar-refractivity contribution in [3.8, 4) is 0 Å². The van der Waals surface area contributed by atoms with Gasteiger partial charge in [0.2, 0.25) is 0 Å². The molecule has 3 nitrogen and oxygen atoms in total. The molecule has 1 aliphatic carbocycles. The van der Waals surface area contributed by atoms with Crippen LogP contribution in [0.15, 0.2) is 23.2 Å². The first-order valence-corrected chi connectivity index (χ1v) is 8.46. The average molecular weight is 326 g/mol. The molecule has 5 heteroatoms. The fourth-order valence-corrected chi connectivity index (χ4v) is 3.95. The largest absolute Gasteiger partial charge is 0.370 e. The van der Waals surface area contributed by atoms with Gasteiger partial charge in [0.25, 0.3) is 0 Å². The van der Waals surface area contributed by atoms with Crippen LogP contribution < -0.4 is 5.73 Å². The van der Waals surface area contributed by atoms with Crippen molar-refractivity contribution in [2.24, 2.45) is 10.7 Å². The average Bonchev–Trinajstić information content (AvgIpc) is 2.70. The molecule has 2 aliphatic rings. The van der Waals surface area contributed by atoms with Gasteiger partial charge in [-0.05, 0) is 24.5 Å². The molecule has 3 rings (SSSR count). The molecule has 2 N–H and O–H groups in total. The molecule has 0 aromatic heterocycles. The van der Waals surface area contributed by atoms with Crippen molar-refractivity contribution in [2.45, 2.75) is 50.6 Å². The molecule has 1 unspecified atom stereocenters. The number of guanidine groups is 1. The van der Waals surface area contributed by atoms with E-state index in [4.69, 9.17) is 28.9 Å². The number of hydrogen-bond acceptors (Lipinski definition) is 3. The molecule has 1 aromatic carbocycles. The highest BCUT2D eigenvalue weighted by molar-refractivity contribution is 6.42. The molecule has 0 radical (unpaired) electrons. The highest BCUT2D eigenvalue weighted by atomic mass is 35.5. The summed E-state index contributed by atoms with van der Waals surface area (Å²) in [6.45, 7) is 0.669. The van der Waals surface area contributed by atoms with E-state index in [1.54, 1.807) is 0 Å². The lowest BCUT2D eigenvalue weighted by Crippen LogP contribution is -2.43. The Bertz CT molecular complexity index is 536. The van der Waals surface area contributed by atoms with Gasteiger partial charge in [0.05, 0.1) is 22.6 Å². The zero-order valence-corrected chi connectivity index (χ0v) is 13.6. The second-order valence-electron chi connectivity index (χ2n) is 5.91. The van der Waals surface area contributed by atoms with Crippen LogP contribution in [0.25, 0.3) is 0 Å². The first kappa shape index (κ1) is 15.0. The summed E-state index contributed by atoms with van der Waals surface area (Å²) in [6, 6.07) is 6.40. The molecule has 0 amide bonds. The third kappa shape index (κ3) is 3.00. The summed E-state index contributed by atoms with van der Waals surface area (Å²) < 4.78 is 0. The van der Waals surface area contributed by atoms with Gasteiger partial charge < -0.3 is 10.6 Å². The van der Waals surface area contributed by atoms with Gasteiger partial charge in [-0.3, -0.25) is 4.99 Å². The number of nitrogens with two attached hydrogens (primary N) is 1. The zero-order chi connectivity index (χ0) is 14.8. The highest BCUT2D eigenvalue weighted by Crippen LogP contribution is 2.38. The van der Waals surface area contributed by atoms with Gasteiger partial charge in [-0.1, -0.05) is 61.0 Å². The normalized spacial score (nSPS) is 24.0. The molecular formula is C16H21Cl2N3. The van der Waals surface area contributed by atoms with Crippen LogP contribution in [0.2, 0.25) is 10.0 Å². The molecule has 0 saturated heterocycles. The van der Waals surface area contributed by atoms with Crippen molar-refractivity contribution in [2.75, 3.05) is 6.54 Å². The Balaban J connectivity index is 1.89. The molecule has 1 aliphatic heterocycles. The summed E-state index contributed by atoms with van der Waals surface area (Å²) in [5.41, 5.74) is 7.22. The van der Waals surface area contributed by atoms with Gasteiger partial charge >= 0.3 is 0 Å². The van der Waals surface area contributed by atoms with E-state index < -0.39 is 0 Å². The Kier molecular flexibility index (Phi) is 4.60. The number of hydrogen-bond donors (Lipinski definition) is 1. The molecule has 21 heavy (non-hydrogen) atoms. The summed E-state index contributed by atoms with van der Waals surface area (Å²) in [5.74, 6) is 0.656. The maximum atomic E-state index is 6.41. The SMILES string of the molecule is NC1=NCC(c2cccc(Cl)c2Cl)N1C1CCCCCC1. The van der Waals surface area contributed by atoms with E-state index >= 15 is 0 Å². The van der Waals surface area contributed by atoms with E-state index in [2.05, 4.69) is 9.89 Å². The Hall–Kier alpha value is -0.930. The van der Waals surface area contributed by atoms with Crippen LogP contribution in [0.1, 0.15) is 50.1 Å². The lowest BCUT2D eigenvalue weighted by molar-refractivity contribution is 0.237. The van der Waals surface area contributed by atoms with Crippen LogP contribution in [0.5, 0.6) is 0 Å². The Morgan fingerprint density at radius 1 is 1.10 bits per heavy atom. The van der Waals surface area contributed by atoms with Gasteiger partial charge in [-0.25, -0.2) is 0 Å². The van der Waals surface area contributed by atoms with Crippen LogP contribution in [0.3, 0.4) is 0 Å². The van der Waals surface area contributed by atoms with Gasteiger partial charge in [-0.15, -0.1) is 0 Å². The summed E-state index contributed by atoms with van der Waals surface area (Å²) in [6.07, 6.45) is 7.55. The third-order valence-corrected chi connectivity index (χ3v) is 5.42. The number of rotatable bonds is 2. The maximum absolute atomic E-state index is 6.41. The van der Waals surface area contributed by atoms with E-state index in [-0.39, 0.29) is 6.04 Å². The fourth-order valence-electron chi connectivity index (χ4n) is 3.51. The summed E-state index contributed by atoms with van der Waals surface area (Å²) >= 11 is 12.6. The Labute approximate surface area is 136 Å². The molecule has 114 valence electrons.